The van der Waals surface area contributed by atoms with Gasteiger partial charge in [-0.25, -0.2) is 0 Å². The number of ether oxygens (including phenoxy) is 1. The Hall–Kier alpha value is -2.17. The van der Waals surface area contributed by atoms with Crippen molar-refractivity contribution >= 4 is 24.5 Å². The van der Waals surface area contributed by atoms with Crippen LogP contribution in [0.25, 0.3) is 0 Å². The smallest absolute Gasteiger partial charge is 0.261 e. The first-order chi connectivity index (χ1) is 14.7. The summed E-state index contributed by atoms with van der Waals surface area (Å²) in [4.78, 5) is 11.7. The van der Waals surface area contributed by atoms with Crippen LogP contribution in [-0.4, -0.2) is 26.3 Å². The molecule has 0 aliphatic carbocycles. The molecule has 0 saturated carbocycles. The molecule has 0 aromatic heterocycles. The molecule has 166 valence electrons. The topological polar surface area (TPSA) is 35.5 Å². The summed E-state index contributed by atoms with van der Waals surface area (Å²) < 4.78 is 12.8. The van der Waals surface area contributed by atoms with Crippen molar-refractivity contribution in [3.63, 3.8) is 0 Å². The molecule has 1 heterocycles. The van der Waals surface area contributed by atoms with Crippen LogP contribution in [0.3, 0.4) is 0 Å². The van der Waals surface area contributed by atoms with Gasteiger partial charge in [-0.05, 0) is 41.1 Å². The van der Waals surface area contributed by atoms with Crippen molar-refractivity contribution in [2.45, 2.75) is 71.1 Å². The van der Waals surface area contributed by atoms with Crippen molar-refractivity contribution in [1.29, 1.82) is 0 Å². The predicted octanol–water partition coefficient (Wildman–Crippen LogP) is 5.24. The van der Waals surface area contributed by atoms with Gasteiger partial charge in [-0.1, -0.05) is 88.4 Å². The van der Waals surface area contributed by atoms with E-state index in [4.69, 9.17) is 9.16 Å². The van der Waals surface area contributed by atoms with Gasteiger partial charge in [-0.2, -0.15) is 0 Å². The summed E-state index contributed by atoms with van der Waals surface area (Å²) in [5.74, 6) is 0.553. The van der Waals surface area contributed by atoms with Crippen molar-refractivity contribution in [2.75, 3.05) is 0 Å². The van der Waals surface area contributed by atoms with Gasteiger partial charge in [0.1, 0.15) is 6.10 Å². The number of hydrogen-bond donors (Lipinski definition) is 0. The molecule has 0 bridgehead atoms. The van der Waals surface area contributed by atoms with Gasteiger partial charge in [0.05, 0.1) is 6.26 Å². The lowest BCUT2D eigenvalue weighted by atomic mass is 9.94. The zero-order chi connectivity index (χ0) is 22.5. The summed E-state index contributed by atoms with van der Waals surface area (Å²) in [5, 5.41) is 2.58. The summed E-state index contributed by atoms with van der Waals surface area (Å²) in [7, 11) is -2.54. The van der Waals surface area contributed by atoms with Gasteiger partial charge >= 0.3 is 0 Å². The molecule has 0 N–H and O–H groups in total. The lowest BCUT2D eigenvalue weighted by Crippen LogP contribution is -2.67. The summed E-state index contributed by atoms with van der Waals surface area (Å²) >= 11 is 0. The van der Waals surface area contributed by atoms with Crippen LogP contribution in [0, 0.1) is 5.92 Å². The van der Waals surface area contributed by atoms with Crippen molar-refractivity contribution in [3.05, 3.63) is 73.0 Å². The second-order valence-corrected chi connectivity index (χ2v) is 14.2. The molecule has 31 heavy (non-hydrogen) atoms. The van der Waals surface area contributed by atoms with Crippen LogP contribution in [0.4, 0.5) is 0 Å². The predicted molar refractivity (Wildman–Crippen MR) is 130 cm³/mol. The Labute approximate surface area is 188 Å². The second-order valence-electron chi connectivity index (χ2n) is 9.90. The minimum Gasteiger partial charge on any atom is -0.497 e. The Kier molecular flexibility index (Phi) is 7.55. The van der Waals surface area contributed by atoms with Gasteiger partial charge in [-0.3, -0.25) is 4.79 Å². The van der Waals surface area contributed by atoms with E-state index in [1.807, 2.05) is 0 Å². The second kappa shape index (κ2) is 9.97. The maximum Gasteiger partial charge on any atom is 0.261 e. The molecule has 3 rings (SSSR count). The third-order valence-electron chi connectivity index (χ3n) is 6.15. The van der Waals surface area contributed by atoms with Gasteiger partial charge in [0.15, 0.2) is 5.78 Å². The molecule has 1 aliphatic heterocycles. The molecule has 0 amide bonds. The largest absolute Gasteiger partial charge is 0.497 e. The number of carbonyl (C=O) groups excluding carboxylic acids is 1. The zero-order valence-corrected chi connectivity index (χ0v) is 20.5. The van der Waals surface area contributed by atoms with E-state index in [1.54, 1.807) is 6.26 Å². The average Bonchev–Trinajstić information content (AvgIpc) is 2.72. The first kappa shape index (κ1) is 23.5. The summed E-state index contributed by atoms with van der Waals surface area (Å²) in [6.07, 6.45) is 5.42. The number of rotatable bonds is 8. The highest BCUT2D eigenvalue weighted by molar-refractivity contribution is 6.99. The van der Waals surface area contributed by atoms with E-state index < -0.39 is 8.32 Å². The number of benzene rings is 2. The molecule has 3 nitrogen and oxygen atoms in total. The molecule has 4 heteroatoms. The Balaban J connectivity index is 1.85. The van der Waals surface area contributed by atoms with Crippen LogP contribution in [0.1, 0.15) is 53.9 Å². The van der Waals surface area contributed by atoms with Gasteiger partial charge < -0.3 is 9.16 Å². The minimum absolute atomic E-state index is 0.0208. The molecule has 0 fully saturated rings. The number of allylic oxidation sites excluding steroid dienone is 1. The lowest BCUT2D eigenvalue weighted by Gasteiger charge is -2.45. The first-order valence-electron chi connectivity index (χ1n) is 11.4. The number of ketones is 1. The van der Waals surface area contributed by atoms with Gasteiger partial charge in [-0.15, -0.1) is 0 Å². The van der Waals surface area contributed by atoms with Crippen LogP contribution < -0.4 is 10.4 Å². The molecular weight excluding hydrogens is 400 g/mol. The molecule has 1 aliphatic rings. The van der Waals surface area contributed by atoms with Gasteiger partial charge in [0.25, 0.3) is 8.32 Å². The van der Waals surface area contributed by atoms with Crippen LogP contribution in [-0.2, 0) is 14.0 Å². The maximum atomic E-state index is 11.7. The number of carbonyl (C=O) groups is 1. The van der Waals surface area contributed by atoms with E-state index >= 15 is 0 Å². The van der Waals surface area contributed by atoms with E-state index in [0.29, 0.717) is 12.3 Å². The normalized spacial score (nSPS) is 19.0. The van der Waals surface area contributed by atoms with Crippen molar-refractivity contribution in [1.82, 2.24) is 0 Å². The maximum absolute atomic E-state index is 11.7. The Bertz CT molecular complexity index is 831. The fourth-order valence-electron chi connectivity index (χ4n) is 4.86. The highest BCUT2D eigenvalue weighted by Crippen LogP contribution is 2.38. The fraction of sp³-hybridized carbons (Fsp3) is 0.444. The Morgan fingerprint density at radius 1 is 1.00 bits per heavy atom. The summed E-state index contributed by atoms with van der Waals surface area (Å²) in [5.41, 5.74) is 0. The standard InChI is InChI=1S/C27H36O3Si/c1-21(19-24-20-23(28)16-17-29-24)18-22(2)30-31(27(3,4)5,25-12-8-6-9-13-25)26-14-10-7-11-15-26/h6-17,21-22,24H,18-20H2,1-5H3/t21-,22+,24+/m0/s1. The van der Waals surface area contributed by atoms with Crippen molar-refractivity contribution in [3.8, 4) is 0 Å². The Morgan fingerprint density at radius 3 is 2.03 bits per heavy atom. The van der Waals surface area contributed by atoms with E-state index in [1.165, 1.54) is 16.4 Å². The molecule has 0 unspecified atom stereocenters. The van der Waals surface area contributed by atoms with Crippen LogP contribution in [0.5, 0.6) is 0 Å². The van der Waals surface area contributed by atoms with Crippen LogP contribution in [0.15, 0.2) is 73.0 Å². The molecule has 2 aromatic rings. The molecule has 0 spiro atoms. The highest BCUT2D eigenvalue weighted by atomic mass is 28.4. The average molecular weight is 437 g/mol. The van der Waals surface area contributed by atoms with E-state index in [0.717, 1.165) is 12.8 Å². The third-order valence-corrected chi connectivity index (χ3v) is 11.3. The summed E-state index contributed by atoms with van der Waals surface area (Å²) in [6.45, 7) is 11.4. The van der Waals surface area contributed by atoms with Crippen molar-refractivity contribution in [2.24, 2.45) is 5.92 Å². The van der Waals surface area contributed by atoms with Crippen molar-refractivity contribution < 1.29 is 14.0 Å². The van der Waals surface area contributed by atoms with Crippen LogP contribution in [0.2, 0.25) is 5.04 Å². The van der Waals surface area contributed by atoms with E-state index in [-0.39, 0.29) is 23.0 Å². The molecule has 2 aromatic carbocycles. The summed E-state index contributed by atoms with van der Waals surface area (Å²) in [6, 6.07) is 21.5. The van der Waals surface area contributed by atoms with Gasteiger partial charge in [0.2, 0.25) is 0 Å². The van der Waals surface area contributed by atoms with E-state index in [9.17, 15) is 4.79 Å². The zero-order valence-electron chi connectivity index (χ0n) is 19.5. The van der Waals surface area contributed by atoms with Gasteiger partial charge in [0, 0.05) is 18.6 Å². The highest BCUT2D eigenvalue weighted by Gasteiger charge is 2.51. The molecule has 0 saturated heterocycles. The lowest BCUT2D eigenvalue weighted by molar-refractivity contribution is -0.118. The molecule has 3 atom stereocenters. The quantitative estimate of drug-likeness (QED) is 0.531. The minimum atomic E-state index is -2.54. The fourth-order valence-corrected chi connectivity index (χ4v) is 9.57. The monoisotopic (exact) mass is 436 g/mol. The Morgan fingerprint density at radius 2 is 1.55 bits per heavy atom. The SMILES string of the molecule is C[C@H](C[C@@H]1CC(=O)C=CO1)C[C@@H](C)O[Si](c1ccccc1)(c1ccccc1)C(C)(C)C. The first-order valence-corrected chi connectivity index (χ1v) is 13.3. The third kappa shape index (κ3) is 5.55. The molecular formula is C27H36O3Si. The molecule has 0 radical (unpaired) electrons. The number of hydrogen-bond acceptors (Lipinski definition) is 3. The van der Waals surface area contributed by atoms with Crippen LogP contribution >= 0.6 is 0 Å². The van der Waals surface area contributed by atoms with E-state index in [2.05, 4.69) is 95.3 Å².